The molecule has 0 spiro atoms. The minimum absolute atomic E-state index is 0.338. The summed E-state index contributed by atoms with van der Waals surface area (Å²) in [6.07, 6.45) is 8.21. The Labute approximate surface area is 112 Å². The molecule has 0 bridgehead atoms. The van der Waals surface area contributed by atoms with Crippen molar-refractivity contribution in [3.8, 4) is 0 Å². The SMILES string of the molecule is CCCOC1CCCN(CC2(C)CCCCN2)C1. The number of nitrogens with one attached hydrogen (secondary N) is 1. The van der Waals surface area contributed by atoms with Crippen molar-refractivity contribution < 1.29 is 4.74 Å². The molecule has 0 aromatic rings. The van der Waals surface area contributed by atoms with Gasteiger partial charge in [0.1, 0.15) is 0 Å². The summed E-state index contributed by atoms with van der Waals surface area (Å²) in [6, 6.07) is 0. The van der Waals surface area contributed by atoms with Crippen molar-refractivity contribution in [2.75, 3.05) is 32.8 Å². The van der Waals surface area contributed by atoms with Crippen molar-refractivity contribution in [3.63, 3.8) is 0 Å². The summed E-state index contributed by atoms with van der Waals surface area (Å²) < 4.78 is 5.92. The second-order valence-corrected chi connectivity index (χ2v) is 6.31. The van der Waals surface area contributed by atoms with Gasteiger partial charge >= 0.3 is 0 Å². The summed E-state index contributed by atoms with van der Waals surface area (Å²) in [7, 11) is 0. The Bertz CT molecular complexity index is 239. The van der Waals surface area contributed by atoms with Crippen molar-refractivity contribution in [3.05, 3.63) is 0 Å². The van der Waals surface area contributed by atoms with Gasteiger partial charge < -0.3 is 10.1 Å². The molecular weight excluding hydrogens is 224 g/mol. The van der Waals surface area contributed by atoms with Crippen LogP contribution in [-0.4, -0.2) is 49.3 Å². The molecule has 2 unspecified atom stereocenters. The van der Waals surface area contributed by atoms with Gasteiger partial charge in [0.15, 0.2) is 0 Å². The summed E-state index contributed by atoms with van der Waals surface area (Å²) in [5, 5.41) is 3.72. The number of piperidine rings is 2. The molecule has 2 aliphatic rings. The van der Waals surface area contributed by atoms with E-state index in [1.54, 1.807) is 0 Å². The first-order valence-corrected chi connectivity index (χ1v) is 7.81. The lowest BCUT2D eigenvalue weighted by atomic mass is 9.89. The van der Waals surface area contributed by atoms with Gasteiger partial charge in [-0.1, -0.05) is 13.3 Å². The molecule has 18 heavy (non-hydrogen) atoms. The molecular formula is C15H30N2O. The lowest BCUT2D eigenvalue weighted by Gasteiger charge is -2.42. The number of likely N-dealkylation sites (tertiary alicyclic amines) is 1. The minimum atomic E-state index is 0.338. The molecule has 2 fully saturated rings. The van der Waals surface area contributed by atoms with E-state index in [-0.39, 0.29) is 0 Å². The van der Waals surface area contributed by atoms with Crippen LogP contribution in [0.15, 0.2) is 0 Å². The number of nitrogens with zero attached hydrogens (tertiary/aromatic N) is 1. The molecule has 0 aliphatic carbocycles. The number of ether oxygens (including phenoxy) is 1. The molecule has 2 rings (SSSR count). The van der Waals surface area contributed by atoms with E-state index in [0.29, 0.717) is 11.6 Å². The molecule has 0 aromatic carbocycles. The molecule has 2 aliphatic heterocycles. The van der Waals surface area contributed by atoms with Crippen LogP contribution in [0, 0.1) is 0 Å². The van der Waals surface area contributed by atoms with E-state index in [2.05, 4.69) is 24.1 Å². The molecule has 0 amide bonds. The smallest absolute Gasteiger partial charge is 0.0702 e. The van der Waals surface area contributed by atoms with Crippen molar-refractivity contribution >= 4 is 0 Å². The first-order chi connectivity index (χ1) is 8.72. The van der Waals surface area contributed by atoms with Crippen molar-refractivity contribution in [2.24, 2.45) is 0 Å². The third-order valence-corrected chi connectivity index (χ3v) is 4.30. The fourth-order valence-electron chi connectivity index (χ4n) is 3.32. The highest BCUT2D eigenvalue weighted by molar-refractivity contribution is 4.90. The topological polar surface area (TPSA) is 24.5 Å². The Kier molecular flexibility index (Phi) is 5.46. The molecule has 0 aromatic heterocycles. The zero-order valence-electron chi connectivity index (χ0n) is 12.2. The molecule has 106 valence electrons. The summed E-state index contributed by atoms with van der Waals surface area (Å²) in [6.45, 7) is 10.3. The van der Waals surface area contributed by atoms with Gasteiger partial charge in [0.05, 0.1) is 6.10 Å². The molecule has 1 N–H and O–H groups in total. The summed E-state index contributed by atoms with van der Waals surface area (Å²) in [4.78, 5) is 2.61. The van der Waals surface area contributed by atoms with E-state index >= 15 is 0 Å². The van der Waals surface area contributed by atoms with Crippen LogP contribution in [0.25, 0.3) is 0 Å². The Hall–Kier alpha value is -0.120. The van der Waals surface area contributed by atoms with Crippen molar-refractivity contribution in [1.29, 1.82) is 0 Å². The van der Waals surface area contributed by atoms with Crippen molar-refractivity contribution in [2.45, 2.75) is 64.0 Å². The lowest BCUT2D eigenvalue weighted by molar-refractivity contribution is -0.00806. The van der Waals surface area contributed by atoms with Crippen LogP contribution in [0.3, 0.4) is 0 Å². The maximum absolute atomic E-state index is 5.92. The summed E-state index contributed by atoms with van der Waals surface area (Å²) in [5.41, 5.74) is 0.338. The fourth-order valence-corrected chi connectivity index (χ4v) is 3.32. The zero-order valence-corrected chi connectivity index (χ0v) is 12.2. The molecule has 0 radical (unpaired) electrons. The highest BCUT2D eigenvalue weighted by Gasteiger charge is 2.30. The lowest BCUT2D eigenvalue weighted by Crippen LogP contribution is -2.55. The Morgan fingerprint density at radius 2 is 2.22 bits per heavy atom. The Balaban J connectivity index is 1.77. The van der Waals surface area contributed by atoms with E-state index < -0.39 is 0 Å². The third-order valence-electron chi connectivity index (χ3n) is 4.30. The van der Waals surface area contributed by atoms with Gasteiger partial charge in [0.2, 0.25) is 0 Å². The highest BCUT2D eigenvalue weighted by atomic mass is 16.5. The molecule has 3 nitrogen and oxygen atoms in total. The van der Waals surface area contributed by atoms with Crippen LogP contribution >= 0.6 is 0 Å². The number of rotatable bonds is 5. The molecule has 3 heteroatoms. The monoisotopic (exact) mass is 254 g/mol. The van der Waals surface area contributed by atoms with E-state index in [0.717, 1.165) is 19.6 Å². The Morgan fingerprint density at radius 3 is 2.94 bits per heavy atom. The van der Waals surface area contributed by atoms with Gasteiger partial charge in [-0.15, -0.1) is 0 Å². The number of hydrogen-bond acceptors (Lipinski definition) is 3. The van der Waals surface area contributed by atoms with E-state index in [1.807, 2.05) is 0 Å². The maximum Gasteiger partial charge on any atom is 0.0702 e. The first-order valence-electron chi connectivity index (χ1n) is 7.81. The van der Waals surface area contributed by atoms with Crippen molar-refractivity contribution in [1.82, 2.24) is 10.2 Å². The highest BCUT2D eigenvalue weighted by Crippen LogP contribution is 2.22. The third kappa shape index (κ3) is 4.22. The Morgan fingerprint density at radius 1 is 1.33 bits per heavy atom. The van der Waals surface area contributed by atoms with Crippen LogP contribution in [0.1, 0.15) is 52.4 Å². The van der Waals surface area contributed by atoms with E-state index in [1.165, 1.54) is 51.7 Å². The molecule has 2 heterocycles. The first kappa shape index (κ1) is 14.3. The predicted molar refractivity (Wildman–Crippen MR) is 76.0 cm³/mol. The van der Waals surface area contributed by atoms with Gasteiger partial charge in [0, 0.05) is 25.2 Å². The summed E-state index contributed by atoms with van der Waals surface area (Å²) in [5.74, 6) is 0. The molecule has 2 atom stereocenters. The van der Waals surface area contributed by atoms with Crippen LogP contribution in [0.4, 0.5) is 0 Å². The second-order valence-electron chi connectivity index (χ2n) is 6.31. The van der Waals surface area contributed by atoms with Crippen LogP contribution < -0.4 is 5.32 Å². The zero-order chi connectivity index (χ0) is 12.8. The van der Waals surface area contributed by atoms with E-state index in [4.69, 9.17) is 4.74 Å². The largest absolute Gasteiger partial charge is 0.377 e. The standard InChI is InChI=1S/C15H30N2O/c1-3-11-18-14-7-6-10-17(12-14)13-15(2)8-4-5-9-16-15/h14,16H,3-13H2,1-2H3. The van der Waals surface area contributed by atoms with Crippen LogP contribution in [0.5, 0.6) is 0 Å². The second kappa shape index (κ2) is 6.88. The molecule has 2 saturated heterocycles. The fraction of sp³-hybridized carbons (Fsp3) is 1.00. The van der Waals surface area contributed by atoms with Crippen LogP contribution in [-0.2, 0) is 4.74 Å². The predicted octanol–water partition coefficient (Wildman–Crippen LogP) is 2.41. The van der Waals surface area contributed by atoms with Gasteiger partial charge in [-0.2, -0.15) is 0 Å². The van der Waals surface area contributed by atoms with Gasteiger partial charge in [0.25, 0.3) is 0 Å². The van der Waals surface area contributed by atoms with Gasteiger partial charge in [-0.25, -0.2) is 0 Å². The molecule has 0 saturated carbocycles. The quantitative estimate of drug-likeness (QED) is 0.815. The average molecular weight is 254 g/mol. The van der Waals surface area contributed by atoms with Gasteiger partial charge in [-0.3, -0.25) is 4.90 Å². The maximum atomic E-state index is 5.92. The summed E-state index contributed by atoms with van der Waals surface area (Å²) >= 11 is 0. The normalized spacial score (nSPS) is 34.7. The van der Waals surface area contributed by atoms with E-state index in [9.17, 15) is 0 Å². The van der Waals surface area contributed by atoms with Crippen LogP contribution in [0.2, 0.25) is 0 Å². The number of hydrogen-bond donors (Lipinski definition) is 1. The van der Waals surface area contributed by atoms with Gasteiger partial charge in [-0.05, 0) is 52.1 Å². The minimum Gasteiger partial charge on any atom is -0.377 e. The average Bonchev–Trinajstić information content (AvgIpc) is 2.37.